The highest BCUT2D eigenvalue weighted by Gasteiger charge is 2.23. The van der Waals surface area contributed by atoms with Gasteiger partial charge in [0.25, 0.3) is 0 Å². The first kappa shape index (κ1) is 9.39. The van der Waals surface area contributed by atoms with E-state index in [2.05, 4.69) is 0 Å². The molecular formula is C6H13NO3. The lowest BCUT2D eigenvalue weighted by atomic mass is 10.0. The molecule has 0 radical (unpaired) electrons. The minimum Gasteiger partial charge on any atom is -0.481 e. The maximum absolute atomic E-state index is 10.2. The van der Waals surface area contributed by atoms with E-state index in [4.69, 9.17) is 15.9 Å². The van der Waals surface area contributed by atoms with Crippen LogP contribution in [-0.4, -0.2) is 28.3 Å². The quantitative estimate of drug-likeness (QED) is 0.498. The van der Waals surface area contributed by atoms with E-state index < -0.39 is 24.0 Å². The van der Waals surface area contributed by atoms with Gasteiger partial charge >= 0.3 is 5.97 Å². The Balaban J connectivity index is 3.94. The zero-order chi connectivity index (χ0) is 8.31. The summed E-state index contributed by atoms with van der Waals surface area (Å²) in [6.07, 6.45) is -0.961. The minimum atomic E-state index is -1.02. The third-order valence-corrected chi connectivity index (χ3v) is 1.44. The maximum Gasteiger partial charge on any atom is 0.308 e. The lowest BCUT2D eigenvalue weighted by Crippen LogP contribution is -2.39. The summed E-state index contributed by atoms with van der Waals surface area (Å²) in [7, 11) is 0. The molecular weight excluding hydrogens is 134 g/mol. The van der Waals surface area contributed by atoms with Crippen molar-refractivity contribution in [3.05, 3.63) is 0 Å². The lowest BCUT2D eigenvalue weighted by Gasteiger charge is -2.17. The molecule has 0 aromatic heterocycles. The van der Waals surface area contributed by atoms with Crippen LogP contribution in [0.25, 0.3) is 0 Å². The van der Waals surface area contributed by atoms with Crippen LogP contribution in [0.3, 0.4) is 0 Å². The third kappa shape index (κ3) is 2.33. The van der Waals surface area contributed by atoms with Gasteiger partial charge in [-0.15, -0.1) is 0 Å². The van der Waals surface area contributed by atoms with Gasteiger partial charge in [0.1, 0.15) is 0 Å². The van der Waals surface area contributed by atoms with Gasteiger partial charge in [-0.1, -0.05) is 0 Å². The molecule has 10 heavy (non-hydrogen) atoms. The van der Waals surface area contributed by atoms with Crippen molar-refractivity contribution in [2.75, 3.05) is 0 Å². The number of carbonyl (C=O) groups is 1. The van der Waals surface area contributed by atoms with Crippen LogP contribution in [-0.2, 0) is 4.79 Å². The second-order valence-corrected chi connectivity index (χ2v) is 2.48. The summed E-state index contributed by atoms with van der Waals surface area (Å²) in [5.74, 6) is -1.82. The largest absolute Gasteiger partial charge is 0.481 e. The molecule has 0 saturated carbocycles. The lowest BCUT2D eigenvalue weighted by molar-refractivity contribution is -0.145. The number of rotatable bonds is 3. The molecule has 0 fully saturated rings. The van der Waals surface area contributed by atoms with Crippen molar-refractivity contribution in [3.63, 3.8) is 0 Å². The number of carboxylic acids is 1. The normalized spacial score (nSPS) is 19.6. The molecule has 4 N–H and O–H groups in total. The topological polar surface area (TPSA) is 83.5 Å². The Morgan fingerprint density at radius 1 is 1.50 bits per heavy atom. The molecule has 0 heterocycles. The van der Waals surface area contributed by atoms with Crippen LogP contribution in [0.5, 0.6) is 0 Å². The van der Waals surface area contributed by atoms with Gasteiger partial charge in [0, 0.05) is 6.04 Å². The van der Waals surface area contributed by atoms with E-state index in [1.807, 2.05) is 0 Å². The summed E-state index contributed by atoms with van der Waals surface area (Å²) < 4.78 is 0. The standard InChI is InChI=1S/C6H13NO3/c1-3(6(9)10)5(8)4(2)7/h3-5,8H,7H2,1-2H3,(H,9,10)/t3-,4+,5+/m0/s1. The van der Waals surface area contributed by atoms with Crippen LogP contribution in [0.15, 0.2) is 0 Å². The summed E-state index contributed by atoms with van der Waals surface area (Å²) in [6.45, 7) is 3.00. The predicted molar refractivity (Wildman–Crippen MR) is 36.5 cm³/mol. The molecule has 0 saturated heterocycles. The fourth-order valence-corrected chi connectivity index (χ4v) is 0.601. The van der Waals surface area contributed by atoms with E-state index >= 15 is 0 Å². The van der Waals surface area contributed by atoms with Crippen LogP contribution >= 0.6 is 0 Å². The average molecular weight is 147 g/mol. The van der Waals surface area contributed by atoms with Gasteiger partial charge in [0.15, 0.2) is 0 Å². The molecule has 4 nitrogen and oxygen atoms in total. The van der Waals surface area contributed by atoms with E-state index in [9.17, 15) is 4.79 Å². The van der Waals surface area contributed by atoms with E-state index in [0.717, 1.165) is 0 Å². The van der Waals surface area contributed by atoms with Crippen molar-refractivity contribution in [2.45, 2.75) is 26.0 Å². The molecule has 0 amide bonds. The van der Waals surface area contributed by atoms with Gasteiger partial charge in [-0.25, -0.2) is 0 Å². The zero-order valence-corrected chi connectivity index (χ0v) is 6.11. The van der Waals surface area contributed by atoms with E-state index in [-0.39, 0.29) is 0 Å². The van der Waals surface area contributed by atoms with E-state index in [1.54, 1.807) is 6.92 Å². The minimum absolute atomic E-state index is 0.494. The maximum atomic E-state index is 10.2. The Kier molecular flexibility index (Phi) is 3.32. The Morgan fingerprint density at radius 3 is 2.00 bits per heavy atom. The van der Waals surface area contributed by atoms with Crippen LogP contribution in [0.4, 0.5) is 0 Å². The Hall–Kier alpha value is -0.610. The second-order valence-electron chi connectivity index (χ2n) is 2.48. The molecule has 0 bridgehead atoms. The highest BCUT2D eigenvalue weighted by Crippen LogP contribution is 2.05. The number of aliphatic carboxylic acids is 1. The first-order valence-electron chi connectivity index (χ1n) is 3.13. The molecule has 0 aromatic carbocycles. The molecule has 0 aliphatic carbocycles. The summed E-state index contributed by atoms with van der Waals surface area (Å²) in [6, 6.07) is -0.494. The second kappa shape index (κ2) is 3.53. The Bertz CT molecular complexity index is 124. The predicted octanol–water partition coefficient (Wildman–Crippen LogP) is -0.585. The molecule has 0 aromatic rings. The average Bonchev–Trinajstić information content (AvgIpc) is 1.84. The zero-order valence-electron chi connectivity index (χ0n) is 6.11. The first-order valence-corrected chi connectivity index (χ1v) is 3.13. The summed E-state index contributed by atoms with van der Waals surface area (Å²) in [5, 5.41) is 17.4. The van der Waals surface area contributed by atoms with Crippen molar-refractivity contribution < 1.29 is 15.0 Å². The highest BCUT2D eigenvalue weighted by molar-refractivity contribution is 5.70. The SMILES string of the molecule is C[C@H](C(=O)O)[C@@H](O)[C@@H](C)N. The molecule has 0 unspecified atom stereocenters. The first-order chi connectivity index (χ1) is 4.46. The van der Waals surface area contributed by atoms with Gasteiger partial charge in [-0.2, -0.15) is 0 Å². The Morgan fingerprint density at radius 2 is 1.90 bits per heavy atom. The van der Waals surface area contributed by atoms with Crippen LogP contribution in [0, 0.1) is 5.92 Å². The molecule has 0 rings (SSSR count). The Labute approximate surface area is 59.7 Å². The molecule has 0 aliphatic heterocycles. The van der Waals surface area contributed by atoms with E-state index in [1.165, 1.54) is 6.92 Å². The molecule has 3 atom stereocenters. The number of aliphatic hydroxyl groups is 1. The summed E-state index contributed by atoms with van der Waals surface area (Å²) in [5.41, 5.74) is 5.26. The fraction of sp³-hybridized carbons (Fsp3) is 0.833. The van der Waals surface area contributed by atoms with Crippen LogP contribution in [0.1, 0.15) is 13.8 Å². The van der Waals surface area contributed by atoms with Crippen molar-refractivity contribution in [3.8, 4) is 0 Å². The van der Waals surface area contributed by atoms with Gasteiger partial charge in [0.2, 0.25) is 0 Å². The summed E-state index contributed by atoms with van der Waals surface area (Å²) in [4.78, 5) is 10.2. The monoisotopic (exact) mass is 147 g/mol. The molecule has 0 aliphatic rings. The number of hydrogen-bond donors (Lipinski definition) is 3. The van der Waals surface area contributed by atoms with Crippen LogP contribution in [0.2, 0.25) is 0 Å². The van der Waals surface area contributed by atoms with Crippen molar-refractivity contribution in [2.24, 2.45) is 11.7 Å². The number of hydrogen-bond acceptors (Lipinski definition) is 3. The summed E-state index contributed by atoms with van der Waals surface area (Å²) >= 11 is 0. The number of carboxylic acid groups (broad SMARTS) is 1. The van der Waals surface area contributed by atoms with Gasteiger partial charge in [-0.3, -0.25) is 4.79 Å². The molecule has 0 spiro atoms. The highest BCUT2D eigenvalue weighted by atomic mass is 16.4. The molecule has 60 valence electrons. The third-order valence-electron chi connectivity index (χ3n) is 1.44. The smallest absolute Gasteiger partial charge is 0.308 e. The van der Waals surface area contributed by atoms with Gasteiger partial charge in [-0.05, 0) is 13.8 Å². The number of aliphatic hydroxyl groups excluding tert-OH is 1. The van der Waals surface area contributed by atoms with Crippen molar-refractivity contribution in [1.29, 1.82) is 0 Å². The van der Waals surface area contributed by atoms with Gasteiger partial charge < -0.3 is 15.9 Å². The van der Waals surface area contributed by atoms with Crippen molar-refractivity contribution in [1.82, 2.24) is 0 Å². The van der Waals surface area contributed by atoms with Gasteiger partial charge in [0.05, 0.1) is 12.0 Å². The van der Waals surface area contributed by atoms with Crippen LogP contribution < -0.4 is 5.73 Å². The number of nitrogens with two attached hydrogens (primary N) is 1. The fourth-order valence-electron chi connectivity index (χ4n) is 0.601. The van der Waals surface area contributed by atoms with Crippen molar-refractivity contribution >= 4 is 5.97 Å². The van der Waals surface area contributed by atoms with E-state index in [0.29, 0.717) is 0 Å². The molecule has 4 heteroatoms.